The average Bonchev–Trinajstić information content (AvgIpc) is 2.52. The molecule has 0 radical (unpaired) electrons. The smallest absolute Gasteiger partial charge is 0.109 e. The van der Waals surface area contributed by atoms with Gasteiger partial charge in [-0.2, -0.15) is 0 Å². The highest BCUT2D eigenvalue weighted by Crippen LogP contribution is 2.27. The molecule has 1 aliphatic rings. The maximum absolute atomic E-state index is 6.04. The van der Waals surface area contributed by atoms with E-state index in [-0.39, 0.29) is 0 Å². The van der Waals surface area contributed by atoms with Gasteiger partial charge in [0.1, 0.15) is 5.82 Å². The van der Waals surface area contributed by atoms with E-state index in [4.69, 9.17) is 10.7 Å². The van der Waals surface area contributed by atoms with Crippen LogP contribution >= 0.6 is 0 Å². The number of hydrogen-bond acceptors (Lipinski definition) is 2. The summed E-state index contributed by atoms with van der Waals surface area (Å²) >= 11 is 0. The van der Waals surface area contributed by atoms with Gasteiger partial charge in [-0.15, -0.1) is 0 Å². The monoisotopic (exact) mass is 263 g/mol. The van der Waals surface area contributed by atoms with Crippen LogP contribution in [0.15, 0.2) is 0 Å². The van der Waals surface area contributed by atoms with E-state index in [1.807, 2.05) is 0 Å². The molecule has 0 bridgehead atoms. The summed E-state index contributed by atoms with van der Waals surface area (Å²) in [6, 6.07) is 0.308. The van der Waals surface area contributed by atoms with Crippen LogP contribution in [-0.4, -0.2) is 15.6 Å². The third kappa shape index (κ3) is 3.59. The lowest BCUT2D eigenvalue weighted by molar-refractivity contribution is 0.302. The molecule has 1 aromatic rings. The lowest BCUT2D eigenvalue weighted by Gasteiger charge is -2.23. The first-order valence-corrected chi connectivity index (χ1v) is 7.55. The summed E-state index contributed by atoms with van der Waals surface area (Å²) in [5.41, 5.74) is 9.11. The van der Waals surface area contributed by atoms with Crippen molar-refractivity contribution in [1.29, 1.82) is 0 Å². The molecule has 1 heterocycles. The van der Waals surface area contributed by atoms with Crippen LogP contribution in [0.25, 0.3) is 0 Å². The summed E-state index contributed by atoms with van der Waals surface area (Å²) in [7, 11) is 2.17. The Morgan fingerprint density at radius 2 is 2.11 bits per heavy atom. The normalized spacial score (nSPS) is 21.3. The third-order valence-electron chi connectivity index (χ3n) is 4.09. The Morgan fingerprint density at radius 1 is 1.42 bits per heavy atom. The summed E-state index contributed by atoms with van der Waals surface area (Å²) in [4.78, 5) is 4.85. The molecular formula is C16H29N3. The summed E-state index contributed by atoms with van der Waals surface area (Å²) < 4.78 is 2.32. The Balaban J connectivity index is 2.09. The Labute approximate surface area is 117 Å². The molecule has 0 saturated heterocycles. The first kappa shape index (κ1) is 14.6. The lowest BCUT2D eigenvalue weighted by atomic mass is 9.84. The fraction of sp³-hybridized carbons (Fsp3) is 0.812. The van der Waals surface area contributed by atoms with Crippen molar-refractivity contribution in [1.82, 2.24) is 9.55 Å². The first-order chi connectivity index (χ1) is 8.76. The van der Waals surface area contributed by atoms with E-state index in [0.29, 0.717) is 17.4 Å². The molecule has 1 aromatic heterocycles. The van der Waals surface area contributed by atoms with Gasteiger partial charge in [0.2, 0.25) is 0 Å². The molecule has 0 aromatic carbocycles. The predicted octanol–water partition coefficient (Wildman–Crippen LogP) is 2.85. The highest BCUT2D eigenvalue weighted by molar-refractivity contribution is 5.21. The molecule has 2 rings (SSSR count). The second-order valence-electron chi connectivity index (χ2n) is 7.56. The highest BCUT2D eigenvalue weighted by atomic mass is 15.1. The number of nitrogens with two attached hydrogens (primary N) is 1. The van der Waals surface area contributed by atoms with Crippen LogP contribution in [0.5, 0.6) is 0 Å². The molecule has 3 nitrogen and oxygen atoms in total. The fourth-order valence-electron chi connectivity index (χ4n) is 3.40. The largest absolute Gasteiger partial charge is 0.335 e. The third-order valence-corrected chi connectivity index (χ3v) is 4.09. The van der Waals surface area contributed by atoms with Crippen molar-refractivity contribution in [2.45, 2.75) is 65.8 Å². The molecule has 3 heteroatoms. The summed E-state index contributed by atoms with van der Waals surface area (Å²) in [6.07, 6.45) is 5.47. The van der Waals surface area contributed by atoms with E-state index >= 15 is 0 Å². The number of fused-ring (bicyclic) bond motifs is 1. The summed E-state index contributed by atoms with van der Waals surface area (Å²) in [6.45, 7) is 9.27. The molecule has 0 spiro atoms. The molecular weight excluding hydrogens is 234 g/mol. The number of rotatable bonds is 3. The molecule has 0 saturated carbocycles. The summed E-state index contributed by atoms with van der Waals surface area (Å²) in [5, 5.41) is 0. The second kappa shape index (κ2) is 5.28. The molecule has 2 atom stereocenters. The Morgan fingerprint density at radius 3 is 2.74 bits per heavy atom. The quantitative estimate of drug-likeness (QED) is 0.911. The molecule has 108 valence electrons. The highest BCUT2D eigenvalue weighted by Gasteiger charge is 2.23. The molecule has 19 heavy (non-hydrogen) atoms. The van der Waals surface area contributed by atoms with Crippen LogP contribution in [0.3, 0.4) is 0 Å². The zero-order valence-corrected chi connectivity index (χ0v) is 13.2. The maximum Gasteiger partial charge on any atom is 0.109 e. The predicted molar refractivity (Wildman–Crippen MR) is 80.1 cm³/mol. The van der Waals surface area contributed by atoms with Crippen molar-refractivity contribution in [2.75, 3.05) is 0 Å². The van der Waals surface area contributed by atoms with Crippen LogP contribution < -0.4 is 5.73 Å². The second-order valence-corrected chi connectivity index (χ2v) is 7.56. The number of aromatic nitrogens is 2. The molecule has 2 N–H and O–H groups in total. The van der Waals surface area contributed by atoms with E-state index in [1.54, 1.807) is 0 Å². The van der Waals surface area contributed by atoms with Gasteiger partial charge in [-0.05, 0) is 30.6 Å². The van der Waals surface area contributed by atoms with Crippen molar-refractivity contribution < 1.29 is 0 Å². The average molecular weight is 263 g/mol. The van der Waals surface area contributed by atoms with E-state index in [0.717, 1.165) is 25.7 Å². The van der Waals surface area contributed by atoms with Crippen LogP contribution in [-0.2, 0) is 26.3 Å². The standard InChI is InChI=1S/C16H29N3/c1-11(10-16(2,3)4)8-15-18-13-9-12(17)6-7-14(13)19(15)5/h11-12H,6-10,17H2,1-5H3. The zero-order valence-electron chi connectivity index (χ0n) is 13.2. The van der Waals surface area contributed by atoms with Crippen molar-refractivity contribution in [3.63, 3.8) is 0 Å². The van der Waals surface area contributed by atoms with Gasteiger partial charge in [-0.1, -0.05) is 27.7 Å². The minimum Gasteiger partial charge on any atom is -0.335 e. The van der Waals surface area contributed by atoms with Crippen molar-refractivity contribution in [3.05, 3.63) is 17.2 Å². The van der Waals surface area contributed by atoms with Gasteiger partial charge in [0.05, 0.1) is 5.69 Å². The van der Waals surface area contributed by atoms with E-state index < -0.39 is 0 Å². The van der Waals surface area contributed by atoms with Crippen molar-refractivity contribution in [2.24, 2.45) is 24.1 Å². The number of nitrogens with zero attached hydrogens (tertiary/aromatic N) is 2. The minimum absolute atomic E-state index is 0.308. The van der Waals surface area contributed by atoms with Gasteiger partial charge < -0.3 is 10.3 Å². The van der Waals surface area contributed by atoms with E-state index in [9.17, 15) is 0 Å². The number of imidazole rings is 1. The SMILES string of the molecule is CC(Cc1nc2c(n1C)CCC(N)C2)CC(C)(C)C. The minimum atomic E-state index is 0.308. The van der Waals surface area contributed by atoms with Crippen LogP contribution in [0, 0.1) is 11.3 Å². The zero-order chi connectivity index (χ0) is 14.2. The Hall–Kier alpha value is -0.830. The van der Waals surface area contributed by atoms with Gasteiger partial charge in [0.25, 0.3) is 0 Å². The molecule has 1 aliphatic carbocycles. The topological polar surface area (TPSA) is 43.8 Å². The summed E-state index contributed by atoms with van der Waals surface area (Å²) in [5.74, 6) is 1.92. The Bertz CT molecular complexity index is 440. The van der Waals surface area contributed by atoms with Gasteiger partial charge in [-0.25, -0.2) is 4.98 Å². The van der Waals surface area contributed by atoms with Crippen molar-refractivity contribution in [3.8, 4) is 0 Å². The maximum atomic E-state index is 6.04. The van der Waals surface area contributed by atoms with Gasteiger partial charge in [0, 0.05) is 31.6 Å². The first-order valence-electron chi connectivity index (χ1n) is 7.55. The molecule has 0 amide bonds. The van der Waals surface area contributed by atoms with Crippen LogP contribution in [0.4, 0.5) is 0 Å². The van der Waals surface area contributed by atoms with E-state index in [2.05, 4.69) is 39.3 Å². The Kier molecular flexibility index (Phi) is 4.05. The van der Waals surface area contributed by atoms with Crippen LogP contribution in [0.2, 0.25) is 0 Å². The fourth-order valence-corrected chi connectivity index (χ4v) is 3.40. The van der Waals surface area contributed by atoms with Gasteiger partial charge in [0.15, 0.2) is 0 Å². The van der Waals surface area contributed by atoms with Gasteiger partial charge in [-0.3, -0.25) is 0 Å². The van der Waals surface area contributed by atoms with Crippen LogP contribution in [0.1, 0.15) is 57.7 Å². The molecule has 2 unspecified atom stereocenters. The number of hydrogen-bond donors (Lipinski definition) is 1. The molecule has 0 aliphatic heterocycles. The van der Waals surface area contributed by atoms with Crippen molar-refractivity contribution >= 4 is 0 Å². The van der Waals surface area contributed by atoms with Gasteiger partial charge >= 0.3 is 0 Å². The van der Waals surface area contributed by atoms with E-state index in [1.165, 1.54) is 23.6 Å². The molecule has 0 fully saturated rings. The lowest BCUT2D eigenvalue weighted by Crippen LogP contribution is -2.28.